The summed E-state index contributed by atoms with van der Waals surface area (Å²) >= 11 is 1.56. The lowest BCUT2D eigenvalue weighted by Gasteiger charge is -2.23. The lowest BCUT2D eigenvalue weighted by atomic mass is 9.88. The molecule has 4 aromatic rings. The highest BCUT2D eigenvalue weighted by Gasteiger charge is 2.33. The largest absolute Gasteiger partial charge is 0.495 e. The van der Waals surface area contributed by atoms with Crippen LogP contribution in [0, 0.1) is 0 Å². The normalized spacial score (nSPS) is 11.3. The molecule has 4 rings (SSSR count). The van der Waals surface area contributed by atoms with Crippen molar-refractivity contribution in [2.75, 3.05) is 20.3 Å². The van der Waals surface area contributed by atoms with E-state index in [4.69, 9.17) is 24.2 Å². The Labute approximate surface area is 233 Å². The molecule has 0 aliphatic heterocycles. The van der Waals surface area contributed by atoms with Crippen molar-refractivity contribution in [3.8, 4) is 27.4 Å². The molecule has 0 unspecified atom stereocenters. The zero-order valence-electron chi connectivity index (χ0n) is 23.5. The lowest BCUT2D eigenvalue weighted by molar-refractivity contribution is 0.0523. The molecule has 0 aliphatic rings. The van der Waals surface area contributed by atoms with Crippen LogP contribution < -0.4 is 4.74 Å². The number of methoxy groups -OCH3 is 1. The number of carbonyl (C=O) groups is 2. The summed E-state index contributed by atoms with van der Waals surface area (Å²) in [6, 6.07) is 11.7. The number of fused-ring (bicyclic) bond motifs is 1. The first-order valence-electron chi connectivity index (χ1n) is 13.2. The molecule has 7 nitrogen and oxygen atoms in total. The van der Waals surface area contributed by atoms with Crippen molar-refractivity contribution in [3.05, 3.63) is 64.3 Å². The van der Waals surface area contributed by atoms with Crippen LogP contribution in [0.25, 0.3) is 32.6 Å². The molecule has 3 heterocycles. The molecule has 204 valence electrons. The fourth-order valence-electron chi connectivity index (χ4n) is 4.66. The monoisotopic (exact) mass is 546 g/mol. The van der Waals surface area contributed by atoms with Crippen LogP contribution in [0.4, 0.5) is 0 Å². The van der Waals surface area contributed by atoms with Crippen molar-refractivity contribution >= 4 is 34.2 Å². The fourth-order valence-corrected chi connectivity index (χ4v) is 5.55. The second-order valence-electron chi connectivity index (χ2n) is 9.65. The summed E-state index contributed by atoms with van der Waals surface area (Å²) in [7, 11) is 1.64. The number of esters is 2. The number of thiophene rings is 1. The van der Waals surface area contributed by atoms with Crippen LogP contribution in [0.3, 0.4) is 0 Å². The number of pyridine rings is 2. The summed E-state index contributed by atoms with van der Waals surface area (Å²) < 4.78 is 16.6. The third kappa shape index (κ3) is 5.39. The van der Waals surface area contributed by atoms with Crippen LogP contribution >= 0.6 is 11.3 Å². The highest BCUT2D eigenvalue weighted by molar-refractivity contribution is 7.14. The number of hydrogen-bond donors (Lipinski definition) is 0. The maximum absolute atomic E-state index is 13.5. The van der Waals surface area contributed by atoms with Gasteiger partial charge < -0.3 is 14.2 Å². The standard InChI is InChI=1S/C31H34N2O5S/c1-8-37-30(34)24-23(25(31(35)38-9-2)27(18(5)6)33-26(24)17(3)4)21-14-13-19-11-10-12-20(28(19)32-21)29-22(36-7)15-16-39-29/h10-18H,8-9H2,1-7H3. The Kier molecular flexibility index (Phi) is 8.65. The Hall–Kier alpha value is -3.78. The predicted molar refractivity (Wildman–Crippen MR) is 155 cm³/mol. The predicted octanol–water partition coefficient (Wildman–Crippen LogP) is 7.63. The van der Waals surface area contributed by atoms with E-state index < -0.39 is 11.9 Å². The average molecular weight is 547 g/mol. The van der Waals surface area contributed by atoms with E-state index in [0.29, 0.717) is 22.6 Å². The second kappa shape index (κ2) is 11.9. The van der Waals surface area contributed by atoms with Crippen LogP contribution in [-0.4, -0.2) is 42.2 Å². The Morgan fingerprint density at radius 2 is 1.46 bits per heavy atom. The highest BCUT2D eigenvalue weighted by Crippen LogP contribution is 2.41. The zero-order valence-corrected chi connectivity index (χ0v) is 24.3. The number of para-hydroxylation sites is 1. The van der Waals surface area contributed by atoms with Gasteiger partial charge in [-0.15, -0.1) is 11.3 Å². The number of carbonyl (C=O) groups excluding carboxylic acids is 2. The molecule has 0 atom stereocenters. The van der Waals surface area contributed by atoms with Crippen LogP contribution in [-0.2, 0) is 9.47 Å². The molecular weight excluding hydrogens is 512 g/mol. The van der Waals surface area contributed by atoms with E-state index in [1.165, 1.54) is 0 Å². The first-order chi connectivity index (χ1) is 18.7. The number of hydrogen-bond acceptors (Lipinski definition) is 8. The number of benzene rings is 1. The Bertz CT molecular complexity index is 1470. The Morgan fingerprint density at radius 3 is 2.00 bits per heavy atom. The lowest BCUT2D eigenvalue weighted by Crippen LogP contribution is -2.21. The number of rotatable bonds is 9. The molecule has 0 N–H and O–H groups in total. The third-order valence-corrected chi connectivity index (χ3v) is 7.31. The summed E-state index contributed by atoms with van der Waals surface area (Å²) in [5, 5.41) is 2.89. The van der Waals surface area contributed by atoms with Crippen LogP contribution in [0.15, 0.2) is 41.8 Å². The van der Waals surface area contributed by atoms with Crippen molar-refractivity contribution in [1.82, 2.24) is 9.97 Å². The molecular formula is C31H34N2O5S. The van der Waals surface area contributed by atoms with Crippen LogP contribution in [0.1, 0.15) is 85.5 Å². The SMILES string of the molecule is CCOC(=O)c1c(C(C)C)nc(C(C)C)c(C(=O)OCC)c1-c1ccc2cccc(-c3sccc3OC)c2n1. The van der Waals surface area contributed by atoms with Gasteiger partial charge in [-0.2, -0.15) is 0 Å². The molecule has 0 radical (unpaired) electrons. The quantitative estimate of drug-likeness (QED) is 0.199. The first kappa shape index (κ1) is 28.2. The minimum atomic E-state index is -0.542. The topological polar surface area (TPSA) is 87.6 Å². The first-order valence-corrected chi connectivity index (χ1v) is 14.0. The van der Waals surface area contributed by atoms with Gasteiger partial charge in [-0.25, -0.2) is 14.6 Å². The number of ether oxygens (including phenoxy) is 3. The minimum absolute atomic E-state index is 0.108. The molecule has 1 aromatic carbocycles. The maximum Gasteiger partial charge on any atom is 0.340 e. The molecule has 0 amide bonds. The highest BCUT2D eigenvalue weighted by atomic mass is 32.1. The van der Waals surface area contributed by atoms with E-state index in [2.05, 4.69) is 0 Å². The summed E-state index contributed by atoms with van der Waals surface area (Å²) in [6.07, 6.45) is 0. The van der Waals surface area contributed by atoms with Crippen molar-refractivity contribution < 1.29 is 23.8 Å². The van der Waals surface area contributed by atoms with E-state index >= 15 is 0 Å². The van der Waals surface area contributed by atoms with E-state index in [-0.39, 0.29) is 36.2 Å². The molecule has 39 heavy (non-hydrogen) atoms. The van der Waals surface area contributed by atoms with Gasteiger partial charge in [0, 0.05) is 16.5 Å². The molecule has 0 bridgehead atoms. The molecule has 8 heteroatoms. The van der Waals surface area contributed by atoms with Crippen molar-refractivity contribution in [3.63, 3.8) is 0 Å². The number of aromatic nitrogens is 2. The summed E-state index contributed by atoms with van der Waals surface area (Å²) in [5.74, 6) is -0.543. The second-order valence-corrected chi connectivity index (χ2v) is 10.6. The van der Waals surface area contributed by atoms with E-state index in [0.717, 1.165) is 27.1 Å². The van der Waals surface area contributed by atoms with Gasteiger partial charge in [-0.3, -0.25) is 4.98 Å². The summed E-state index contributed by atoms with van der Waals surface area (Å²) in [6.45, 7) is 11.8. The van der Waals surface area contributed by atoms with Gasteiger partial charge in [0.15, 0.2) is 0 Å². The summed E-state index contributed by atoms with van der Waals surface area (Å²) in [5.41, 5.74) is 4.13. The molecule has 0 saturated carbocycles. The van der Waals surface area contributed by atoms with Gasteiger partial charge in [0.05, 0.1) is 58.9 Å². The van der Waals surface area contributed by atoms with Gasteiger partial charge in [0.1, 0.15) is 5.75 Å². The number of nitrogens with zero attached hydrogens (tertiary/aromatic N) is 2. The molecule has 0 aliphatic carbocycles. The van der Waals surface area contributed by atoms with Crippen LogP contribution in [0.5, 0.6) is 5.75 Å². The van der Waals surface area contributed by atoms with E-state index in [1.54, 1.807) is 32.3 Å². The smallest absolute Gasteiger partial charge is 0.340 e. The van der Waals surface area contributed by atoms with Crippen LogP contribution in [0.2, 0.25) is 0 Å². The van der Waals surface area contributed by atoms with Gasteiger partial charge in [0.2, 0.25) is 0 Å². The minimum Gasteiger partial charge on any atom is -0.495 e. The van der Waals surface area contributed by atoms with Gasteiger partial charge in [-0.1, -0.05) is 52.0 Å². The maximum atomic E-state index is 13.5. The van der Waals surface area contributed by atoms with Gasteiger partial charge in [-0.05, 0) is 43.2 Å². The fraction of sp³-hybridized carbons (Fsp3) is 0.355. The molecule has 0 spiro atoms. The van der Waals surface area contributed by atoms with Gasteiger partial charge in [0.25, 0.3) is 0 Å². The zero-order chi connectivity index (χ0) is 28.3. The van der Waals surface area contributed by atoms with E-state index in [9.17, 15) is 9.59 Å². The summed E-state index contributed by atoms with van der Waals surface area (Å²) in [4.78, 5) is 37.9. The van der Waals surface area contributed by atoms with Crippen molar-refractivity contribution in [2.24, 2.45) is 0 Å². The third-order valence-electron chi connectivity index (χ3n) is 6.38. The molecule has 3 aromatic heterocycles. The van der Waals surface area contributed by atoms with E-state index in [1.807, 2.05) is 69.5 Å². The average Bonchev–Trinajstić information content (AvgIpc) is 3.40. The molecule has 0 fully saturated rings. The Balaban J connectivity index is 2.15. The van der Waals surface area contributed by atoms with Crippen molar-refractivity contribution in [1.29, 1.82) is 0 Å². The van der Waals surface area contributed by atoms with Gasteiger partial charge >= 0.3 is 11.9 Å². The van der Waals surface area contributed by atoms with Crippen molar-refractivity contribution in [2.45, 2.75) is 53.4 Å². The Morgan fingerprint density at radius 1 is 0.846 bits per heavy atom. The molecule has 0 saturated heterocycles.